The van der Waals surface area contributed by atoms with Crippen LogP contribution in [0.5, 0.6) is 0 Å². The van der Waals surface area contributed by atoms with Crippen LogP contribution in [-0.2, 0) is 6.42 Å². The van der Waals surface area contributed by atoms with Gasteiger partial charge in [-0.1, -0.05) is 13.8 Å². The molecular weight excluding hydrogens is 336 g/mol. The molecule has 0 aromatic carbocycles. The summed E-state index contributed by atoms with van der Waals surface area (Å²) in [6.07, 6.45) is 5.37. The second-order valence-corrected chi connectivity index (χ2v) is 6.13. The van der Waals surface area contributed by atoms with Crippen LogP contribution < -0.4 is 5.32 Å². The highest BCUT2D eigenvalue weighted by Crippen LogP contribution is 2.30. The maximum atomic E-state index is 4.40. The fourth-order valence-electron chi connectivity index (χ4n) is 1.72. The van der Waals surface area contributed by atoms with E-state index in [0.29, 0.717) is 0 Å². The zero-order chi connectivity index (χ0) is 14.4. The number of hydrogen-bond donors (Lipinski definition) is 1. The normalized spacial score (nSPS) is 10.6. The standard InChI is InChI=1S/C14H17BrN4S/c1-3-7-16-13-11(4-2)14(19-9-18-13)20-12-6-5-10(15)8-17-12/h5-6,8-9H,3-4,7H2,1-2H3,(H,16,18,19). The Hall–Kier alpha value is -1.14. The van der Waals surface area contributed by atoms with Crippen molar-refractivity contribution in [2.75, 3.05) is 11.9 Å². The number of pyridine rings is 1. The van der Waals surface area contributed by atoms with E-state index in [1.54, 1.807) is 24.3 Å². The van der Waals surface area contributed by atoms with Gasteiger partial charge in [0.1, 0.15) is 22.2 Å². The van der Waals surface area contributed by atoms with E-state index in [4.69, 9.17) is 0 Å². The number of nitrogens with zero attached hydrogens (tertiary/aromatic N) is 3. The van der Waals surface area contributed by atoms with E-state index in [-0.39, 0.29) is 0 Å². The first kappa shape index (κ1) is 15.3. The molecule has 0 unspecified atom stereocenters. The fraction of sp³-hybridized carbons (Fsp3) is 0.357. The molecule has 2 heterocycles. The van der Waals surface area contributed by atoms with Gasteiger partial charge in [-0.05, 0) is 52.7 Å². The zero-order valence-corrected chi connectivity index (χ0v) is 14.0. The molecule has 0 saturated carbocycles. The molecule has 0 aliphatic heterocycles. The van der Waals surface area contributed by atoms with Crippen molar-refractivity contribution in [2.45, 2.75) is 36.7 Å². The van der Waals surface area contributed by atoms with Crippen molar-refractivity contribution >= 4 is 33.5 Å². The summed E-state index contributed by atoms with van der Waals surface area (Å²) in [4.78, 5) is 13.1. The lowest BCUT2D eigenvalue weighted by Gasteiger charge is -2.12. The lowest BCUT2D eigenvalue weighted by Crippen LogP contribution is -2.07. The van der Waals surface area contributed by atoms with Gasteiger partial charge in [-0.15, -0.1) is 0 Å². The Labute approximate surface area is 132 Å². The van der Waals surface area contributed by atoms with Crippen LogP contribution >= 0.6 is 27.7 Å². The smallest absolute Gasteiger partial charge is 0.133 e. The Kier molecular flexibility index (Phi) is 5.79. The van der Waals surface area contributed by atoms with Crippen molar-refractivity contribution in [3.8, 4) is 0 Å². The fourth-order valence-corrected chi connectivity index (χ4v) is 2.86. The first-order chi connectivity index (χ1) is 9.74. The molecule has 1 N–H and O–H groups in total. The van der Waals surface area contributed by atoms with Gasteiger partial charge in [0.15, 0.2) is 0 Å². The third-order valence-electron chi connectivity index (χ3n) is 2.70. The van der Waals surface area contributed by atoms with Crippen LogP contribution in [0, 0.1) is 0 Å². The van der Waals surface area contributed by atoms with Crippen molar-refractivity contribution in [1.82, 2.24) is 15.0 Å². The second-order valence-electron chi connectivity index (χ2n) is 4.20. The lowest BCUT2D eigenvalue weighted by molar-refractivity contribution is 0.909. The number of rotatable bonds is 6. The lowest BCUT2D eigenvalue weighted by atomic mass is 10.2. The number of aromatic nitrogens is 3. The van der Waals surface area contributed by atoms with Gasteiger partial charge in [-0.25, -0.2) is 15.0 Å². The molecule has 6 heteroatoms. The molecule has 0 amide bonds. The monoisotopic (exact) mass is 352 g/mol. The molecule has 0 aliphatic rings. The van der Waals surface area contributed by atoms with Gasteiger partial charge in [0.05, 0.1) is 0 Å². The first-order valence-electron chi connectivity index (χ1n) is 6.61. The molecule has 2 aromatic rings. The third-order valence-corrected chi connectivity index (χ3v) is 4.17. The predicted octanol–water partition coefficient (Wildman–Crippen LogP) is 4.17. The van der Waals surface area contributed by atoms with Crippen LogP contribution in [0.15, 0.2) is 39.2 Å². The number of hydrogen-bond acceptors (Lipinski definition) is 5. The SMILES string of the molecule is CCCNc1ncnc(Sc2ccc(Br)cn2)c1CC. The number of nitrogens with one attached hydrogen (secondary N) is 1. The van der Waals surface area contributed by atoms with E-state index in [1.165, 1.54) is 0 Å². The average molecular weight is 353 g/mol. The molecular formula is C14H17BrN4S. The van der Waals surface area contributed by atoms with Crippen molar-refractivity contribution in [2.24, 2.45) is 0 Å². The van der Waals surface area contributed by atoms with Gasteiger partial charge in [-0.2, -0.15) is 0 Å². The van der Waals surface area contributed by atoms with Crippen molar-refractivity contribution in [3.05, 3.63) is 34.7 Å². The van der Waals surface area contributed by atoms with E-state index in [9.17, 15) is 0 Å². The quantitative estimate of drug-likeness (QED) is 0.790. The summed E-state index contributed by atoms with van der Waals surface area (Å²) in [6.45, 7) is 5.18. The second kappa shape index (κ2) is 7.59. The molecule has 0 saturated heterocycles. The van der Waals surface area contributed by atoms with Gasteiger partial charge < -0.3 is 5.32 Å². The molecule has 20 heavy (non-hydrogen) atoms. The zero-order valence-electron chi connectivity index (χ0n) is 11.6. The summed E-state index contributed by atoms with van der Waals surface area (Å²) in [7, 11) is 0. The van der Waals surface area contributed by atoms with Gasteiger partial charge in [0.25, 0.3) is 0 Å². The predicted molar refractivity (Wildman–Crippen MR) is 86.3 cm³/mol. The summed E-state index contributed by atoms with van der Waals surface area (Å²) in [5.74, 6) is 0.934. The van der Waals surface area contributed by atoms with Crippen LogP contribution in [-0.4, -0.2) is 21.5 Å². The minimum absolute atomic E-state index is 0.895. The molecule has 0 bridgehead atoms. The Morgan fingerprint density at radius 1 is 1.20 bits per heavy atom. The molecule has 0 radical (unpaired) electrons. The molecule has 0 atom stereocenters. The number of anilines is 1. The van der Waals surface area contributed by atoms with Crippen molar-refractivity contribution in [1.29, 1.82) is 0 Å². The molecule has 0 aliphatic carbocycles. The molecule has 0 fully saturated rings. The Morgan fingerprint density at radius 3 is 2.70 bits per heavy atom. The number of halogens is 1. The Bertz CT molecular complexity index is 560. The molecule has 4 nitrogen and oxygen atoms in total. The van der Waals surface area contributed by atoms with E-state index in [0.717, 1.165) is 45.3 Å². The van der Waals surface area contributed by atoms with E-state index < -0.39 is 0 Å². The van der Waals surface area contributed by atoms with Crippen molar-refractivity contribution < 1.29 is 0 Å². The first-order valence-corrected chi connectivity index (χ1v) is 8.22. The highest BCUT2D eigenvalue weighted by molar-refractivity contribution is 9.10. The molecule has 2 rings (SSSR count). The maximum Gasteiger partial charge on any atom is 0.133 e. The third kappa shape index (κ3) is 3.93. The van der Waals surface area contributed by atoms with Gasteiger partial charge in [0, 0.05) is 22.8 Å². The van der Waals surface area contributed by atoms with E-state index >= 15 is 0 Å². The summed E-state index contributed by atoms with van der Waals surface area (Å²) in [6, 6.07) is 3.97. The van der Waals surface area contributed by atoms with Crippen LogP contribution in [0.2, 0.25) is 0 Å². The van der Waals surface area contributed by atoms with Crippen LogP contribution in [0.3, 0.4) is 0 Å². The Morgan fingerprint density at radius 2 is 2.05 bits per heavy atom. The summed E-state index contributed by atoms with van der Waals surface area (Å²) >= 11 is 4.96. The molecule has 106 valence electrons. The summed E-state index contributed by atoms with van der Waals surface area (Å²) < 4.78 is 0.977. The highest BCUT2D eigenvalue weighted by Gasteiger charge is 2.11. The largest absolute Gasteiger partial charge is 0.370 e. The van der Waals surface area contributed by atoms with Gasteiger partial charge >= 0.3 is 0 Å². The topological polar surface area (TPSA) is 50.7 Å². The maximum absolute atomic E-state index is 4.40. The molecule has 0 spiro atoms. The Balaban J connectivity index is 2.24. The molecule has 2 aromatic heterocycles. The minimum atomic E-state index is 0.895. The highest BCUT2D eigenvalue weighted by atomic mass is 79.9. The van der Waals surface area contributed by atoms with Crippen LogP contribution in [0.1, 0.15) is 25.8 Å². The summed E-state index contributed by atoms with van der Waals surface area (Å²) in [5.41, 5.74) is 1.15. The van der Waals surface area contributed by atoms with Crippen LogP contribution in [0.4, 0.5) is 5.82 Å². The average Bonchev–Trinajstić information content (AvgIpc) is 2.47. The van der Waals surface area contributed by atoms with E-state index in [2.05, 4.69) is 50.0 Å². The van der Waals surface area contributed by atoms with Gasteiger partial charge in [0.2, 0.25) is 0 Å². The van der Waals surface area contributed by atoms with Crippen molar-refractivity contribution in [3.63, 3.8) is 0 Å². The van der Waals surface area contributed by atoms with E-state index in [1.807, 2.05) is 12.1 Å². The minimum Gasteiger partial charge on any atom is -0.370 e. The summed E-state index contributed by atoms with van der Waals surface area (Å²) in [5, 5.41) is 5.26. The van der Waals surface area contributed by atoms with Gasteiger partial charge in [-0.3, -0.25) is 0 Å². The van der Waals surface area contributed by atoms with Crippen LogP contribution in [0.25, 0.3) is 0 Å².